The van der Waals surface area contributed by atoms with Crippen molar-refractivity contribution in [3.63, 3.8) is 0 Å². The molecule has 0 aliphatic heterocycles. The topological polar surface area (TPSA) is 80.3 Å². The molecule has 0 amide bonds. The fourth-order valence-electron chi connectivity index (χ4n) is 2.49. The molecule has 0 spiro atoms. The second kappa shape index (κ2) is 9.93. The first-order valence-corrected chi connectivity index (χ1v) is 10.2. The van der Waals surface area contributed by atoms with E-state index in [1.54, 1.807) is 7.11 Å². The summed E-state index contributed by atoms with van der Waals surface area (Å²) in [5, 5.41) is 18.6. The Labute approximate surface area is 173 Å². The van der Waals surface area contributed by atoms with Crippen LogP contribution in [0.1, 0.15) is 18.6 Å². The van der Waals surface area contributed by atoms with Gasteiger partial charge in [0.15, 0.2) is 5.82 Å². The number of aromatic amines is 1. The van der Waals surface area contributed by atoms with E-state index in [-0.39, 0.29) is 12.7 Å². The van der Waals surface area contributed by atoms with Crippen molar-refractivity contribution in [2.24, 2.45) is 0 Å². The standard InChI is InChI=1S/C20H22ClN3O3S/c1-13(14-3-7-16(21)8-4-14)27-11-17(25)12-28-20-22-19(23-24-20)15-5-9-18(26-2)10-6-15/h3-10,13,17,25H,11-12H2,1-2H3,(H,22,23,24). The van der Waals surface area contributed by atoms with Crippen molar-refractivity contribution < 1.29 is 14.6 Å². The summed E-state index contributed by atoms with van der Waals surface area (Å²) in [4.78, 5) is 4.45. The third kappa shape index (κ3) is 5.72. The first-order valence-electron chi connectivity index (χ1n) is 8.80. The Morgan fingerprint density at radius 3 is 2.54 bits per heavy atom. The average Bonchev–Trinajstić information content (AvgIpc) is 3.20. The Kier molecular flexibility index (Phi) is 7.33. The number of aliphatic hydroxyl groups excluding tert-OH is 1. The normalized spacial score (nSPS) is 13.3. The summed E-state index contributed by atoms with van der Waals surface area (Å²) >= 11 is 7.27. The molecule has 0 bridgehead atoms. The summed E-state index contributed by atoms with van der Waals surface area (Å²) in [7, 11) is 1.63. The highest BCUT2D eigenvalue weighted by Crippen LogP contribution is 2.23. The zero-order valence-electron chi connectivity index (χ0n) is 15.6. The molecule has 148 valence electrons. The van der Waals surface area contributed by atoms with Crippen molar-refractivity contribution >= 4 is 23.4 Å². The number of aliphatic hydroxyl groups is 1. The maximum Gasteiger partial charge on any atom is 0.208 e. The Bertz CT molecular complexity index is 871. The van der Waals surface area contributed by atoms with Gasteiger partial charge < -0.3 is 14.6 Å². The second-order valence-electron chi connectivity index (χ2n) is 6.19. The van der Waals surface area contributed by atoms with E-state index < -0.39 is 6.10 Å². The smallest absolute Gasteiger partial charge is 0.208 e. The molecule has 0 aliphatic carbocycles. The lowest BCUT2D eigenvalue weighted by Crippen LogP contribution is -2.19. The van der Waals surface area contributed by atoms with Crippen LogP contribution in [0.5, 0.6) is 5.75 Å². The lowest BCUT2D eigenvalue weighted by Gasteiger charge is -2.16. The SMILES string of the molecule is COc1ccc(-c2nc(SCC(O)COC(C)c3ccc(Cl)cc3)n[nH]2)cc1. The number of thioether (sulfide) groups is 1. The number of methoxy groups -OCH3 is 1. The number of H-pyrrole nitrogens is 1. The van der Waals surface area contributed by atoms with E-state index in [9.17, 15) is 5.11 Å². The number of hydrogen-bond donors (Lipinski definition) is 2. The highest BCUT2D eigenvalue weighted by atomic mass is 35.5. The molecule has 2 N–H and O–H groups in total. The molecule has 3 aromatic rings. The van der Waals surface area contributed by atoms with E-state index in [0.717, 1.165) is 16.9 Å². The Morgan fingerprint density at radius 2 is 1.86 bits per heavy atom. The first kappa shape index (κ1) is 20.7. The van der Waals surface area contributed by atoms with Gasteiger partial charge in [-0.3, -0.25) is 5.10 Å². The van der Waals surface area contributed by atoms with Gasteiger partial charge in [0.2, 0.25) is 5.16 Å². The van der Waals surface area contributed by atoms with Gasteiger partial charge in [-0.25, -0.2) is 4.98 Å². The highest BCUT2D eigenvalue weighted by molar-refractivity contribution is 7.99. The van der Waals surface area contributed by atoms with Crippen molar-refractivity contribution in [1.82, 2.24) is 15.2 Å². The van der Waals surface area contributed by atoms with Crippen LogP contribution in [0, 0.1) is 0 Å². The van der Waals surface area contributed by atoms with Gasteiger partial charge in [-0.2, -0.15) is 0 Å². The molecule has 2 aromatic carbocycles. The third-order valence-corrected chi connectivity index (χ3v) is 5.36. The van der Waals surface area contributed by atoms with Crippen molar-refractivity contribution in [3.05, 3.63) is 59.1 Å². The van der Waals surface area contributed by atoms with Gasteiger partial charge in [-0.05, 0) is 48.9 Å². The molecule has 0 radical (unpaired) electrons. The fourth-order valence-corrected chi connectivity index (χ4v) is 3.32. The quantitative estimate of drug-likeness (QED) is 0.501. The number of nitrogens with one attached hydrogen (secondary N) is 1. The van der Waals surface area contributed by atoms with Gasteiger partial charge in [-0.15, -0.1) is 5.10 Å². The Hall–Kier alpha value is -2.06. The molecule has 6 nitrogen and oxygen atoms in total. The van der Waals surface area contributed by atoms with E-state index in [1.165, 1.54) is 11.8 Å². The van der Waals surface area contributed by atoms with Gasteiger partial charge >= 0.3 is 0 Å². The molecule has 1 aromatic heterocycles. The first-order chi connectivity index (χ1) is 13.5. The molecule has 1 heterocycles. The minimum absolute atomic E-state index is 0.123. The summed E-state index contributed by atoms with van der Waals surface area (Å²) in [6.45, 7) is 2.17. The number of nitrogens with zero attached hydrogens (tertiary/aromatic N) is 2. The predicted octanol–water partition coefficient (Wildman–Crippen LogP) is 4.36. The molecule has 28 heavy (non-hydrogen) atoms. The molecular formula is C20H22ClN3O3S. The number of aromatic nitrogens is 3. The fraction of sp³-hybridized carbons (Fsp3) is 0.300. The maximum absolute atomic E-state index is 10.2. The van der Waals surface area contributed by atoms with Crippen molar-refractivity contribution in [2.75, 3.05) is 19.5 Å². The molecular weight excluding hydrogens is 398 g/mol. The summed E-state index contributed by atoms with van der Waals surface area (Å²) in [6, 6.07) is 15.1. The van der Waals surface area contributed by atoms with Gasteiger partial charge in [0.1, 0.15) is 5.75 Å². The van der Waals surface area contributed by atoms with E-state index in [1.807, 2.05) is 55.5 Å². The van der Waals surface area contributed by atoms with Crippen LogP contribution in [0.2, 0.25) is 5.02 Å². The van der Waals surface area contributed by atoms with Crippen LogP contribution in [-0.2, 0) is 4.74 Å². The third-order valence-electron chi connectivity index (χ3n) is 4.11. The zero-order valence-corrected chi connectivity index (χ0v) is 17.2. The molecule has 8 heteroatoms. The van der Waals surface area contributed by atoms with Gasteiger partial charge in [0.05, 0.1) is 25.9 Å². The monoisotopic (exact) mass is 419 g/mol. The molecule has 2 atom stereocenters. The number of halogens is 1. The van der Waals surface area contributed by atoms with Crippen LogP contribution in [0.3, 0.4) is 0 Å². The summed E-state index contributed by atoms with van der Waals surface area (Å²) in [5.41, 5.74) is 1.93. The highest BCUT2D eigenvalue weighted by Gasteiger charge is 2.13. The lowest BCUT2D eigenvalue weighted by atomic mass is 10.1. The van der Waals surface area contributed by atoms with Crippen molar-refractivity contribution in [1.29, 1.82) is 0 Å². The Balaban J connectivity index is 1.46. The molecule has 0 saturated carbocycles. The average molecular weight is 420 g/mol. The second-order valence-corrected chi connectivity index (χ2v) is 7.61. The largest absolute Gasteiger partial charge is 0.497 e. The number of benzene rings is 2. The van der Waals surface area contributed by atoms with Crippen LogP contribution < -0.4 is 4.74 Å². The van der Waals surface area contributed by atoms with Crippen LogP contribution in [0.4, 0.5) is 0 Å². The molecule has 0 fully saturated rings. The summed E-state index contributed by atoms with van der Waals surface area (Å²) in [5.74, 6) is 1.90. The predicted molar refractivity (Wildman–Crippen MR) is 111 cm³/mol. The van der Waals surface area contributed by atoms with E-state index in [0.29, 0.717) is 21.8 Å². The van der Waals surface area contributed by atoms with Crippen LogP contribution in [0.25, 0.3) is 11.4 Å². The van der Waals surface area contributed by atoms with E-state index in [2.05, 4.69) is 15.2 Å². The van der Waals surface area contributed by atoms with Gasteiger partial charge in [0, 0.05) is 16.3 Å². The zero-order chi connectivity index (χ0) is 19.9. The van der Waals surface area contributed by atoms with Crippen molar-refractivity contribution in [2.45, 2.75) is 24.3 Å². The van der Waals surface area contributed by atoms with Gasteiger partial charge in [0.25, 0.3) is 0 Å². The minimum Gasteiger partial charge on any atom is -0.497 e. The van der Waals surface area contributed by atoms with Crippen LogP contribution in [0.15, 0.2) is 53.7 Å². The van der Waals surface area contributed by atoms with E-state index in [4.69, 9.17) is 21.1 Å². The molecule has 0 aliphatic rings. The Morgan fingerprint density at radius 1 is 1.14 bits per heavy atom. The maximum atomic E-state index is 10.2. The van der Waals surface area contributed by atoms with Crippen LogP contribution in [-0.4, -0.2) is 45.9 Å². The number of ether oxygens (including phenoxy) is 2. The van der Waals surface area contributed by atoms with Gasteiger partial charge in [-0.1, -0.05) is 35.5 Å². The van der Waals surface area contributed by atoms with E-state index >= 15 is 0 Å². The van der Waals surface area contributed by atoms with Crippen LogP contribution >= 0.6 is 23.4 Å². The molecule has 2 unspecified atom stereocenters. The lowest BCUT2D eigenvalue weighted by molar-refractivity contribution is 0.00621. The molecule has 3 rings (SSSR count). The number of hydrogen-bond acceptors (Lipinski definition) is 6. The van der Waals surface area contributed by atoms with Crippen molar-refractivity contribution in [3.8, 4) is 17.1 Å². The molecule has 0 saturated heterocycles. The number of rotatable bonds is 9. The summed E-state index contributed by atoms with van der Waals surface area (Å²) in [6.07, 6.45) is -0.746. The summed E-state index contributed by atoms with van der Waals surface area (Å²) < 4.78 is 10.9. The minimum atomic E-state index is -0.623.